The molecule has 4 nitrogen and oxygen atoms in total. The number of hydrogen-bond donors (Lipinski definition) is 2. The fourth-order valence-electron chi connectivity index (χ4n) is 1.90. The van der Waals surface area contributed by atoms with Gasteiger partial charge in [0.1, 0.15) is 11.6 Å². The molecule has 0 fully saturated rings. The highest BCUT2D eigenvalue weighted by molar-refractivity contribution is 6.31. The van der Waals surface area contributed by atoms with Crippen LogP contribution in [-0.4, -0.2) is 16.5 Å². The van der Waals surface area contributed by atoms with Gasteiger partial charge in [0, 0.05) is 11.6 Å². The predicted molar refractivity (Wildman–Crippen MR) is 84.3 cm³/mol. The molecule has 1 atom stereocenters. The number of halogens is 1. The third kappa shape index (κ3) is 3.84. The van der Waals surface area contributed by atoms with Crippen molar-refractivity contribution >= 4 is 23.2 Å². The molecule has 0 bridgehead atoms. The van der Waals surface area contributed by atoms with E-state index in [0.717, 1.165) is 35.2 Å². The number of nitrogens with zero attached hydrogens (tertiary/aromatic N) is 2. The lowest BCUT2D eigenvalue weighted by Crippen LogP contribution is -2.10. The number of hydrogen-bond acceptors (Lipinski definition) is 4. The van der Waals surface area contributed by atoms with Crippen molar-refractivity contribution in [2.45, 2.75) is 26.3 Å². The molecule has 0 radical (unpaired) electrons. The lowest BCUT2D eigenvalue weighted by Gasteiger charge is -2.16. The second-order valence-electron chi connectivity index (χ2n) is 4.60. The molecule has 1 aromatic carbocycles. The summed E-state index contributed by atoms with van der Waals surface area (Å²) in [4.78, 5) is 8.66. The first-order chi connectivity index (χ1) is 9.70. The van der Waals surface area contributed by atoms with Crippen molar-refractivity contribution in [3.63, 3.8) is 0 Å². The van der Waals surface area contributed by atoms with E-state index in [1.54, 1.807) is 12.4 Å². The van der Waals surface area contributed by atoms with Crippen molar-refractivity contribution in [1.29, 1.82) is 0 Å². The molecule has 2 rings (SSSR count). The third-order valence-electron chi connectivity index (χ3n) is 2.93. The van der Waals surface area contributed by atoms with E-state index in [2.05, 4.69) is 34.4 Å². The maximum Gasteiger partial charge on any atom is 0.147 e. The van der Waals surface area contributed by atoms with Crippen LogP contribution in [0, 0.1) is 0 Å². The zero-order valence-electron chi connectivity index (χ0n) is 11.7. The van der Waals surface area contributed by atoms with E-state index in [4.69, 9.17) is 11.6 Å². The molecular formula is C15H19ClN4. The molecule has 0 saturated heterocycles. The minimum absolute atomic E-state index is 0.0689. The Kier molecular flexibility index (Phi) is 5.18. The van der Waals surface area contributed by atoms with Gasteiger partial charge in [-0.3, -0.25) is 4.98 Å². The fraction of sp³-hybridized carbons (Fsp3) is 0.333. The minimum Gasteiger partial charge on any atom is -0.369 e. The van der Waals surface area contributed by atoms with Crippen molar-refractivity contribution in [3.05, 3.63) is 47.2 Å². The van der Waals surface area contributed by atoms with Crippen LogP contribution in [0.15, 0.2) is 36.7 Å². The predicted octanol–water partition coefficient (Wildman–Crippen LogP) is 4.13. The van der Waals surface area contributed by atoms with Crippen LogP contribution in [0.25, 0.3) is 0 Å². The summed E-state index contributed by atoms with van der Waals surface area (Å²) in [5, 5.41) is 7.29. The van der Waals surface area contributed by atoms with Gasteiger partial charge in [-0.25, -0.2) is 4.98 Å². The number of benzene rings is 1. The van der Waals surface area contributed by atoms with Gasteiger partial charge in [-0.05, 0) is 25.0 Å². The zero-order chi connectivity index (χ0) is 14.4. The van der Waals surface area contributed by atoms with E-state index in [1.807, 2.05) is 24.3 Å². The number of anilines is 2. The number of nitrogens with one attached hydrogen (secondary N) is 2. The molecule has 0 saturated carbocycles. The molecule has 1 heterocycles. The SMILES string of the molecule is CCCNc1cncc(NC(C)c2ccccc2Cl)n1. The van der Waals surface area contributed by atoms with Crippen LogP contribution in [0.1, 0.15) is 31.9 Å². The second-order valence-corrected chi connectivity index (χ2v) is 5.01. The van der Waals surface area contributed by atoms with Crippen LogP contribution >= 0.6 is 11.6 Å². The molecule has 5 heteroatoms. The smallest absolute Gasteiger partial charge is 0.147 e. The van der Waals surface area contributed by atoms with Gasteiger partial charge in [0.25, 0.3) is 0 Å². The van der Waals surface area contributed by atoms with Gasteiger partial charge in [-0.15, -0.1) is 0 Å². The molecule has 0 aliphatic heterocycles. The highest BCUT2D eigenvalue weighted by Crippen LogP contribution is 2.25. The molecule has 2 aromatic rings. The lowest BCUT2D eigenvalue weighted by molar-refractivity contribution is 0.870. The molecule has 0 aliphatic rings. The van der Waals surface area contributed by atoms with Crippen molar-refractivity contribution < 1.29 is 0 Å². The van der Waals surface area contributed by atoms with E-state index in [9.17, 15) is 0 Å². The van der Waals surface area contributed by atoms with Crippen molar-refractivity contribution in [3.8, 4) is 0 Å². The average Bonchev–Trinajstić information content (AvgIpc) is 2.46. The molecule has 0 aliphatic carbocycles. The summed E-state index contributed by atoms with van der Waals surface area (Å²) in [6.07, 6.45) is 4.49. The Bertz CT molecular complexity index is 559. The Balaban J connectivity index is 2.08. The lowest BCUT2D eigenvalue weighted by atomic mass is 10.1. The van der Waals surface area contributed by atoms with Crippen molar-refractivity contribution in [2.24, 2.45) is 0 Å². The van der Waals surface area contributed by atoms with Gasteiger partial charge in [-0.1, -0.05) is 36.7 Å². The van der Waals surface area contributed by atoms with E-state index >= 15 is 0 Å². The van der Waals surface area contributed by atoms with Gasteiger partial charge in [0.2, 0.25) is 0 Å². The van der Waals surface area contributed by atoms with E-state index in [1.165, 1.54) is 0 Å². The van der Waals surface area contributed by atoms with E-state index in [0.29, 0.717) is 0 Å². The summed E-state index contributed by atoms with van der Waals surface area (Å²) in [5.41, 5.74) is 1.04. The van der Waals surface area contributed by atoms with Gasteiger partial charge in [-0.2, -0.15) is 0 Å². The summed E-state index contributed by atoms with van der Waals surface area (Å²) in [6, 6.07) is 7.87. The van der Waals surface area contributed by atoms with Crippen LogP contribution in [0.4, 0.5) is 11.6 Å². The first kappa shape index (κ1) is 14.6. The quantitative estimate of drug-likeness (QED) is 0.840. The first-order valence-electron chi connectivity index (χ1n) is 6.77. The molecule has 0 spiro atoms. The fourth-order valence-corrected chi connectivity index (χ4v) is 2.20. The number of rotatable bonds is 6. The monoisotopic (exact) mass is 290 g/mol. The zero-order valence-corrected chi connectivity index (χ0v) is 12.5. The highest BCUT2D eigenvalue weighted by atomic mass is 35.5. The second kappa shape index (κ2) is 7.10. The van der Waals surface area contributed by atoms with Crippen molar-refractivity contribution in [1.82, 2.24) is 9.97 Å². The maximum absolute atomic E-state index is 6.20. The summed E-state index contributed by atoms with van der Waals surface area (Å²) in [6.45, 7) is 5.05. The standard InChI is InChI=1S/C15H19ClN4/c1-3-8-18-14-9-17-10-15(20-14)19-11(2)12-6-4-5-7-13(12)16/h4-7,9-11H,3,8H2,1-2H3,(H2,18,19,20). The Labute approximate surface area is 124 Å². The normalized spacial score (nSPS) is 11.9. The highest BCUT2D eigenvalue weighted by Gasteiger charge is 2.09. The Morgan fingerprint density at radius 1 is 1.20 bits per heavy atom. The Morgan fingerprint density at radius 2 is 1.95 bits per heavy atom. The van der Waals surface area contributed by atoms with Crippen LogP contribution < -0.4 is 10.6 Å². The average molecular weight is 291 g/mol. The first-order valence-corrected chi connectivity index (χ1v) is 7.15. The molecule has 1 aromatic heterocycles. The van der Waals surface area contributed by atoms with E-state index in [-0.39, 0.29) is 6.04 Å². The maximum atomic E-state index is 6.20. The summed E-state index contributed by atoms with van der Waals surface area (Å²) < 4.78 is 0. The van der Waals surface area contributed by atoms with Gasteiger partial charge >= 0.3 is 0 Å². The van der Waals surface area contributed by atoms with Crippen molar-refractivity contribution in [2.75, 3.05) is 17.2 Å². The van der Waals surface area contributed by atoms with Gasteiger partial charge < -0.3 is 10.6 Å². The van der Waals surface area contributed by atoms with Crippen LogP contribution in [0.3, 0.4) is 0 Å². The molecule has 106 valence electrons. The Hall–Kier alpha value is -1.81. The summed E-state index contributed by atoms with van der Waals surface area (Å²) in [7, 11) is 0. The molecule has 1 unspecified atom stereocenters. The summed E-state index contributed by atoms with van der Waals surface area (Å²) >= 11 is 6.20. The van der Waals surface area contributed by atoms with Crippen LogP contribution in [-0.2, 0) is 0 Å². The number of aromatic nitrogens is 2. The third-order valence-corrected chi connectivity index (χ3v) is 3.27. The van der Waals surface area contributed by atoms with Gasteiger partial charge in [0.15, 0.2) is 0 Å². The minimum atomic E-state index is 0.0689. The van der Waals surface area contributed by atoms with Gasteiger partial charge in [0.05, 0.1) is 18.4 Å². The van der Waals surface area contributed by atoms with Crippen LogP contribution in [0.2, 0.25) is 5.02 Å². The topological polar surface area (TPSA) is 49.8 Å². The molecule has 2 N–H and O–H groups in total. The Morgan fingerprint density at radius 3 is 2.70 bits per heavy atom. The molecule has 0 amide bonds. The molecular weight excluding hydrogens is 272 g/mol. The van der Waals surface area contributed by atoms with E-state index < -0.39 is 0 Å². The van der Waals surface area contributed by atoms with Crippen LogP contribution in [0.5, 0.6) is 0 Å². The largest absolute Gasteiger partial charge is 0.369 e. The summed E-state index contributed by atoms with van der Waals surface area (Å²) in [5.74, 6) is 1.52. The molecule has 20 heavy (non-hydrogen) atoms.